The Morgan fingerprint density at radius 1 is 1.24 bits per heavy atom. The number of nitrogens with zero attached hydrogens (tertiary/aromatic N) is 1. The Morgan fingerprint density at radius 3 is 2.60 bits per heavy atom. The fourth-order valence-corrected chi connectivity index (χ4v) is 4.75. The highest BCUT2D eigenvalue weighted by Crippen LogP contribution is 2.24. The fourth-order valence-electron chi connectivity index (χ4n) is 3.23. The molecule has 2 heterocycles. The van der Waals surface area contributed by atoms with Crippen LogP contribution in [-0.2, 0) is 14.8 Å². The minimum atomic E-state index is -3.70. The molecule has 1 aromatic carbocycles. The molecule has 2 unspecified atom stereocenters. The maximum absolute atomic E-state index is 13.0. The number of nitrogens with one attached hydrogen (secondary N) is 2. The quantitative estimate of drug-likeness (QED) is 0.806. The molecule has 1 amide bonds. The van der Waals surface area contributed by atoms with E-state index in [1.165, 1.54) is 16.4 Å². The third-order valence-corrected chi connectivity index (χ3v) is 6.49. The average Bonchev–Trinajstić information content (AvgIpc) is 3.08. The van der Waals surface area contributed by atoms with Crippen LogP contribution in [0.15, 0.2) is 29.2 Å². The minimum Gasteiger partial charge on any atom is -0.352 e. The van der Waals surface area contributed by atoms with Crippen molar-refractivity contribution in [3.8, 4) is 0 Å². The monoisotopic (exact) mass is 391 g/mol. The van der Waals surface area contributed by atoms with Gasteiger partial charge in [-0.15, -0.1) is 12.4 Å². The molecule has 0 spiro atoms. The van der Waals surface area contributed by atoms with Crippen molar-refractivity contribution < 1.29 is 17.6 Å². The number of carbonyl (C=O) groups is 1. The molecule has 1 aromatic rings. The number of rotatable bonds is 4. The Balaban J connectivity index is 0.00000225. The van der Waals surface area contributed by atoms with E-state index >= 15 is 0 Å². The van der Waals surface area contributed by atoms with E-state index in [1.54, 1.807) is 0 Å². The maximum atomic E-state index is 13.0. The Kier molecular flexibility index (Phi) is 6.79. The van der Waals surface area contributed by atoms with E-state index in [0.717, 1.165) is 31.6 Å². The van der Waals surface area contributed by atoms with Gasteiger partial charge in [-0.1, -0.05) is 0 Å². The second-order valence-corrected chi connectivity index (χ2v) is 8.29. The number of carbonyl (C=O) groups excluding carboxylic acids is 1. The molecule has 2 saturated heterocycles. The number of piperidine rings is 1. The molecule has 140 valence electrons. The Labute approximate surface area is 153 Å². The Morgan fingerprint density at radius 2 is 1.96 bits per heavy atom. The molecule has 2 aliphatic heterocycles. The van der Waals surface area contributed by atoms with Crippen LogP contribution in [0.1, 0.15) is 19.3 Å². The van der Waals surface area contributed by atoms with Crippen LogP contribution in [0.3, 0.4) is 0 Å². The molecule has 9 heteroatoms. The highest BCUT2D eigenvalue weighted by atomic mass is 35.5. The number of amides is 1. The first-order chi connectivity index (χ1) is 11.5. The zero-order valence-corrected chi connectivity index (χ0v) is 15.4. The summed E-state index contributed by atoms with van der Waals surface area (Å²) in [7, 11) is -3.70. The van der Waals surface area contributed by atoms with Gasteiger partial charge in [0.25, 0.3) is 0 Å². The van der Waals surface area contributed by atoms with Crippen LogP contribution in [0, 0.1) is 11.7 Å². The summed E-state index contributed by atoms with van der Waals surface area (Å²) in [6.45, 7) is 2.21. The summed E-state index contributed by atoms with van der Waals surface area (Å²) < 4.78 is 39.7. The van der Waals surface area contributed by atoms with Crippen molar-refractivity contribution in [2.24, 2.45) is 5.92 Å². The lowest BCUT2D eigenvalue weighted by atomic mass is 9.98. The average molecular weight is 392 g/mol. The van der Waals surface area contributed by atoms with Gasteiger partial charge in [0.2, 0.25) is 15.9 Å². The lowest BCUT2D eigenvalue weighted by Gasteiger charge is -2.31. The van der Waals surface area contributed by atoms with Crippen LogP contribution in [0.2, 0.25) is 0 Å². The van der Waals surface area contributed by atoms with Crippen LogP contribution in [-0.4, -0.2) is 50.9 Å². The molecule has 0 aromatic heterocycles. The summed E-state index contributed by atoms with van der Waals surface area (Å²) >= 11 is 0. The third kappa shape index (κ3) is 4.69. The molecule has 2 aliphatic rings. The molecule has 2 atom stereocenters. The van der Waals surface area contributed by atoms with Crippen molar-refractivity contribution in [3.05, 3.63) is 30.1 Å². The van der Waals surface area contributed by atoms with Crippen LogP contribution in [0.5, 0.6) is 0 Å². The van der Waals surface area contributed by atoms with Gasteiger partial charge in [0.1, 0.15) is 5.82 Å². The number of benzene rings is 1. The molecule has 3 rings (SSSR count). The predicted molar refractivity (Wildman–Crippen MR) is 94.5 cm³/mol. The first-order valence-corrected chi connectivity index (χ1v) is 9.67. The third-order valence-electron chi connectivity index (χ3n) is 4.61. The largest absolute Gasteiger partial charge is 0.352 e. The first-order valence-electron chi connectivity index (χ1n) is 8.23. The fraction of sp³-hybridized carbons (Fsp3) is 0.562. The van der Waals surface area contributed by atoms with Crippen LogP contribution < -0.4 is 10.6 Å². The van der Waals surface area contributed by atoms with Crippen molar-refractivity contribution in [1.82, 2.24) is 14.9 Å². The predicted octanol–water partition coefficient (Wildman–Crippen LogP) is 1.13. The normalized spacial score (nSPS) is 24.5. The topological polar surface area (TPSA) is 78.5 Å². The van der Waals surface area contributed by atoms with E-state index in [4.69, 9.17) is 0 Å². The van der Waals surface area contributed by atoms with Crippen LogP contribution in [0.4, 0.5) is 4.39 Å². The van der Waals surface area contributed by atoms with Gasteiger partial charge in [-0.3, -0.25) is 4.79 Å². The highest BCUT2D eigenvalue weighted by Gasteiger charge is 2.34. The van der Waals surface area contributed by atoms with Gasteiger partial charge in [0, 0.05) is 25.7 Å². The van der Waals surface area contributed by atoms with E-state index in [1.807, 2.05) is 0 Å². The van der Waals surface area contributed by atoms with Crippen molar-refractivity contribution in [2.45, 2.75) is 30.2 Å². The first kappa shape index (κ1) is 20.1. The summed E-state index contributed by atoms with van der Waals surface area (Å²) in [5.41, 5.74) is 0. The summed E-state index contributed by atoms with van der Waals surface area (Å²) in [6.07, 6.45) is 2.22. The molecule has 0 saturated carbocycles. The van der Waals surface area contributed by atoms with Crippen molar-refractivity contribution in [2.75, 3.05) is 26.2 Å². The number of sulfonamides is 1. The summed E-state index contributed by atoms with van der Waals surface area (Å²) in [5, 5.41) is 6.18. The van der Waals surface area contributed by atoms with Gasteiger partial charge >= 0.3 is 0 Å². The molecule has 25 heavy (non-hydrogen) atoms. The Bertz CT molecular complexity index is 693. The SMILES string of the molecule is Cl.O=C(NC1CCNC1)C1CCCN(S(=O)(=O)c2ccc(F)cc2)C1. The minimum absolute atomic E-state index is 0. The van der Waals surface area contributed by atoms with Crippen molar-refractivity contribution >= 4 is 28.3 Å². The van der Waals surface area contributed by atoms with E-state index in [-0.39, 0.29) is 41.7 Å². The molecule has 0 bridgehead atoms. The molecule has 6 nitrogen and oxygen atoms in total. The lowest BCUT2D eigenvalue weighted by Crippen LogP contribution is -2.47. The van der Waals surface area contributed by atoms with E-state index in [9.17, 15) is 17.6 Å². The zero-order chi connectivity index (χ0) is 17.2. The molecular formula is C16H23ClFN3O3S. The molecule has 2 fully saturated rings. The van der Waals surface area contributed by atoms with Gasteiger partial charge in [-0.25, -0.2) is 12.8 Å². The second kappa shape index (κ2) is 8.44. The van der Waals surface area contributed by atoms with E-state index in [0.29, 0.717) is 19.4 Å². The lowest BCUT2D eigenvalue weighted by molar-refractivity contribution is -0.126. The van der Waals surface area contributed by atoms with Crippen LogP contribution >= 0.6 is 12.4 Å². The highest BCUT2D eigenvalue weighted by molar-refractivity contribution is 7.89. The van der Waals surface area contributed by atoms with Crippen molar-refractivity contribution in [1.29, 1.82) is 0 Å². The van der Waals surface area contributed by atoms with E-state index < -0.39 is 15.8 Å². The molecule has 0 aliphatic carbocycles. The van der Waals surface area contributed by atoms with Gasteiger partial charge in [0.15, 0.2) is 0 Å². The summed E-state index contributed by atoms with van der Waals surface area (Å²) in [5.74, 6) is -0.896. The maximum Gasteiger partial charge on any atom is 0.243 e. The standard InChI is InChI=1S/C16H22FN3O3S.ClH/c17-13-3-5-15(6-4-13)24(22,23)20-9-1-2-12(11-20)16(21)19-14-7-8-18-10-14;/h3-6,12,14,18H,1-2,7-11H2,(H,19,21);1H. The molecular weight excluding hydrogens is 369 g/mol. The van der Waals surface area contributed by atoms with Crippen molar-refractivity contribution in [3.63, 3.8) is 0 Å². The number of hydrogen-bond acceptors (Lipinski definition) is 4. The smallest absolute Gasteiger partial charge is 0.243 e. The van der Waals surface area contributed by atoms with Gasteiger partial charge < -0.3 is 10.6 Å². The van der Waals surface area contributed by atoms with Gasteiger partial charge in [-0.2, -0.15) is 4.31 Å². The zero-order valence-electron chi connectivity index (χ0n) is 13.8. The summed E-state index contributed by atoms with van der Waals surface area (Å²) in [6, 6.07) is 4.92. The van der Waals surface area contributed by atoms with Gasteiger partial charge in [-0.05, 0) is 50.1 Å². The van der Waals surface area contributed by atoms with E-state index in [2.05, 4.69) is 10.6 Å². The molecule has 0 radical (unpaired) electrons. The van der Waals surface area contributed by atoms with Crippen LogP contribution in [0.25, 0.3) is 0 Å². The second-order valence-electron chi connectivity index (χ2n) is 6.35. The number of halogens is 2. The summed E-state index contributed by atoms with van der Waals surface area (Å²) in [4.78, 5) is 12.5. The molecule has 2 N–H and O–H groups in total. The Hall–Kier alpha value is -1.22. The van der Waals surface area contributed by atoms with Gasteiger partial charge in [0.05, 0.1) is 10.8 Å². The number of hydrogen-bond donors (Lipinski definition) is 2.